The van der Waals surface area contributed by atoms with Crippen LogP contribution < -0.4 is 14.9 Å². The van der Waals surface area contributed by atoms with E-state index in [2.05, 4.69) is 0 Å². The smallest absolute Gasteiger partial charge is 0.239 e. The van der Waals surface area contributed by atoms with Crippen molar-refractivity contribution in [3.05, 3.63) is 34.5 Å². The van der Waals surface area contributed by atoms with Crippen molar-refractivity contribution in [1.29, 1.82) is 0 Å². The molecule has 65 heavy (non-hydrogen) atoms. The van der Waals surface area contributed by atoms with Gasteiger partial charge in [0.2, 0.25) is 23.8 Å². The number of benzene rings is 2. The minimum absolute atomic E-state index is 0.395. The molecule has 5 heterocycles. The maximum Gasteiger partial charge on any atom is 0.239 e. The molecule has 0 spiro atoms. The fraction of sp³-hybridized carbons (Fsp3) is 0.615. The lowest BCUT2D eigenvalue weighted by Gasteiger charge is -2.45. The van der Waals surface area contributed by atoms with E-state index in [-0.39, 0.29) is 0 Å². The van der Waals surface area contributed by atoms with Gasteiger partial charge in [-0.25, -0.2) is 0 Å². The molecule has 16 N–H and O–H groups in total. The molecule has 2 aromatic carbocycles. The molecule has 4 aliphatic rings. The van der Waals surface area contributed by atoms with Gasteiger partial charge in [-0.3, -0.25) is 4.79 Å². The topological polar surface area (TPSA) is 428 Å². The average molecular weight is 935 g/mol. The van der Waals surface area contributed by atoms with Crippen molar-refractivity contribution in [2.24, 2.45) is 0 Å². The van der Waals surface area contributed by atoms with Crippen LogP contribution in [0.25, 0.3) is 22.3 Å². The lowest BCUT2D eigenvalue weighted by atomic mass is 9.97. The number of aliphatic hydroxyl groups excluding tert-OH is 12. The molecule has 3 aromatic rings. The van der Waals surface area contributed by atoms with E-state index in [1.54, 1.807) is 0 Å². The van der Waals surface area contributed by atoms with Crippen LogP contribution in [0.3, 0.4) is 0 Å². The van der Waals surface area contributed by atoms with Crippen molar-refractivity contribution in [1.82, 2.24) is 0 Å². The molecular weight excluding hydrogens is 884 g/mol. The van der Waals surface area contributed by atoms with Crippen LogP contribution in [0.5, 0.6) is 34.5 Å². The summed E-state index contributed by atoms with van der Waals surface area (Å²) in [6.07, 6.45) is -35.3. The summed E-state index contributed by atoms with van der Waals surface area (Å²) >= 11 is 0. The number of rotatable bonds is 11. The molecule has 0 aliphatic carbocycles. The van der Waals surface area contributed by atoms with Crippen LogP contribution in [0.2, 0.25) is 0 Å². The zero-order valence-electron chi connectivity index (χ0n) is 34.0. The van der Waals surface area contributed by atoms with Gasteiger partial charge >= 0.3 is 0 Å². The first-order chi connectivity index (χ1) is 30.7. The second-order valence-corrected chi connectivity index (χ2v) is 16.0. The van der Waals surface area contributed by atoms with Gasteiger partial charge in [0.05, 0.1) is 25.4 Å². The van der Waals surface area contributed by atoms with Gasteiger partial charge in [0.1, 0.15) is 95.7 Å². The summed E-state index contributed by atoms with van der Waals surface area (Å²) < 4.78 is 51.6. The number of fused-ring (bicyclic) bond motifs is 1. The number of aliphatic hydroxyl groups is 12. The van der Waals surface area contributed by atoms with E-state index >= 15 is 0 Å². The van der Waals surface area contributed by atoms with Crippen molar-refractivity contribution >= 4 is 11.0 Å². The van der Waals surface area contributed by atoms with E-state index in [1.807, 2.05) is 0 Å². The maximum atomic E-state index is 14.5. The summed E-state index contributed by atoms with van der Waals surface area (Å²) in [5.41, 5.74) is -2.19. The fourth-order valence-corrected chi connectivity index (χ4v) is 7.76. The molecule has 7 rings (SSSR count). The van der Waals surface area contributed by atoms with Crippen LogP contribution in [0.4, 0.5) is 0 Å². The predicted octanol–water partition coefficient (Wildman–Crippen LogP) is -5.66. The minimum Gasteiger partial charge on any atom is -0.507 e. The number of ether oxygens (including phenoxy) is 8. The van der Waals surface area contributed by atoms with Crippen molar-refractivity contribution < 1.29 is 124 Å². The van der Waals surface area contributed by atoms with Gasteiger partial charge < -0.3 is 124 Å². The molecule has 26 nitrogen and oxygen atoms in total. The molecule has 26 heteroatoms. The lowest BCUT2D eigenvalue weighted by molar-refractivity contribution is -0.355. The van der Waals surface area contributed by atoms with E-state index in [0.717, 1.165) is 24.3 Å². The summed E-state index contributed by atoms with van der Waals surface area (Å²) in [5, 5.41) is 167. The quantitative estimate of drug-likeness (QED) is 0.0797. The first kappa shape index (κ1) is 48.7. The molecule has 4 aliphatic heterocycles. The Labute approximate surface area is 364 Å². The summed E-state index contributed by atoms with van der Waals surface area (Å²) in [5.74, 6) is -5.83. The zero-order chi connectivity index (χ0) is 47.5. The molecule has 4 fully saturated rings. The Hall–Kier alpha value is -4.27. The molecule has 20 unspecified atom stereocenters. The molecule has 0 bridgehead atoms. The Morgan fingerprint density at radius 2 is 0.985 bits per heavy atom. The van der Waals surface area contributed by atoms with Crippen molar-refractivity contribution in [3.8, 4) is 45.8 Å². The van der Waals surface area contributed by atoms with Gasteiger partial charge in [-0.2, -0.15) is 0 Å². The zero-order valence-corrected chi connectivity index (χ0v) is 34.0. The highest BCUT2D eigenvalue weighted by Crippen LogP contribution is 2.44. The van der Waals surface area contributed by atoms with E-state index in [4.69, 9.17) is 42.3 Å². The first-order valence-corrected chi connectivity index (χ1v) is 20.0. The van der Waals surface area contributed by atoms with Gasteiger partial charge in [0, 0.05) is 17.7 Å². The van der Waals surface area contributed by atoms with Crippen molar-refractivity contribution in [3.63, 3.8) is 0 Å². The van der Waals surface area contributed by atoms with Crippen molar-refractivity contribution in [2.75, 3.05) is 13.2 Å². The Bertz CT molecular complexity index is 2180. The van der Waals surface area contributed by atoms with E-state index in [9.17, 15) is 86.5 Å². The summed E-state index contributed by atoms with van der Waals surface area (Å²) in [6, 6.07) is 3.45. The largest absolute Gasteiger partial charge is 0.507 e. The molecule has 0 saturated carbocycles. The predicted molar refractivity (Wildman–Crippen MR) is 206 cm³/mol. The van der Waals surface area contributed by atoms with Gasteiger partial charge in [-0.05, 0) is 26.0 Å². The Kier molecular flexibility index (Phi) is 14.3. The van der Waals surface area contributed by atoms with E-state index in [0.29, 0.717) is 0 Å². The highest BCUT2D eigenvalue weighted by Gasteiger charge is 2.53. The van der Waals surface area contributed by atoms with Crippen LogP contribution >= 0.6 is 0 Å². The summed E-state index contributed by atoms with van der Waals surface area (Å²) in [7, 11) is 0. The van der Waals surface area contributed by atoms with Gasteiger partial charge in [-0.15, -0.1) is 0 Å². The molecule has 0 radical (unpaired) electrons. The summed E-state index contributed by atoms with van der Waals surface area (Å²) in [4.78, 5) is 14.5. The lowest BCUT2D eigenvalue weighted by Crippen LogP contribution is -2.64. The van der Waals surface area contributed by atoms with Crippen LogP contribution in [-0.2, 0) is 28.4 Å². The van der Waals surface area contributed by atoms with Crippen molar-refractivity contribution in [2.45, 2.75) is 137 Å². The number of phenolic OH excluding ortho intramolecular Hbond substituents is 4. The standard InChI is InChI=1S/C39H50O26/c1-9-20(45)26(51)30(55)36(57-9)64-35-29(54)24(49)18(8-41)62-39(35)59-12-5-13(42)19-16(6-12)60-32(11-3-14(43)22(47)15(44)4-11)33(25(19)50)63-38-34(28(53)21(46)10(2)58-38)65-37-31(56)27(52)23(48)17(7-40)61-37/h3-6,9-10,17-18,20-21,23-24,26-31,34-49,51-56H,7-8H2,1-2H3. The Morgan fingerprint density at radius 1 is 0.523 bits per heavy atom. The first-order valence-electron chi connectivity index (χ1n) is 20.0. The highest BCUT2D eigenvalue weighted by atomic mass is 16.8. The molecule has 0 amide bonds. The number of hydrogen-bond acceptors (Lipinski definition) is 26. The van der Waals surface area contributed by atoms with E-state index in [1.165, 1.54) is 13.8 Å². The van der Waals surface area contributed by atoms with Crippen LogP contribution in [-0.4, -0.2) is 218 Å². The summed E-state index contributed by atoms with van der Waals surface area (Å²) in [6.45, 7) is 0.885. The van der Waals surface area contributed by atoms with Gasteiger partial charge in [0.25, 0.3) is 0 Å². The van der Waals surface area contributed by atoms with Gasteiger partial charge in [-0.1, -0.05) is 0 Å². The molecular formula is C39H50O26. The molecule has 1 aromatic heterocycles. The molecule has 20 atom stereocenters. The maximum absolute atomic E-state index is 14.5. The second-order valence-electron chi connectivity index (χ2n) is 16.0. The van der Waals surface area contributed by atoms with Crippen LogP contribution in [0.15, 0.2) is 33.5 Å². The highest BCUT2D eigenvalue weighted by molar-refractivity contribution is 5.88. The SMILES string of the molecule is CC1OC(OC2C(Oc3cc(O)c4c(=O)c(OC5OC(C)C(O)C(O)C5OC5OC(CO)C(O)C(O)C5O)c(-c5cc(O)c(O)c(O)c5)oc4c3)OC(CO)C(O)C2O)C(O)C(O)C1O. The van der Waals surface area contributed by atoms with Gasteiger partial charge in [0.15, 0.2) is 47.8 Å². The normalized spacial score (nSPS) is 40.2. The number of hydrogen-bond donors (Lipinski definition) is 16. The third-order valence-corrected chi connectivity index (χ3v) is 11.6. The van der Waals surface area contributed by atoms with Crippen LogP contribution in [0.1, 0.15) is 13.8 Å². The molecule has 4 saturated heterocycles. The molecule has 362 valence electrons. The minimum atomic E-state index is -2.03. The third kappa shape index (κ3) is 9.12. The third-order valence-electron chi connectivity index (χ3n) is 11.6. The van der Waals surface area contributed by atoms with E-state index < -0.39 is 198 Å². The number of phenols is 4. The average Bonchev–Trinajstić information content (AvgIpc) is 3.27. The monoisotopic (exact) mass is 934 g/mol. The second kappa shape index (κ2) is 19.1. The number of aromatic hydroxyl groups is 4. The van der Waals surface area contributed by atoms with Crippen LogP contribution in [0, 0.1) is 0 Å². The fourth-order valence-electron chi connectivity index (χ4n) is 7.76. The Morgan fingerprint density at radius 3 is 1.55 bits per heavy atom. The Balaban J connectivity index is 1.29.